The Labute approximate surface area is 123 Å². The highest BCUT2D eigenvalue weighted by Crippen LogP contribution is 2.27. The number of halogens is 4. The van der Waals surface area contributed by atoms with Crippen molar-refractivity contribution in [1.82, 2.24) is 4.57 Å². The van der Waals surface area contributed by atoms with E-state index in [1.54, 1.807) is 24.3 Å². The lowest BCUT2D eigenvalue weighted by Crippen LogP contribution is -2.18. The fourth-order valence-corrected chi connectivity index (χ4v) is 3.00. The van der Waals surface area contributed by atoms with E-state index in [0.29, 0.717) is 10.9 Å². The summed E-state index contributed by atoms with van der Waals surface area (Å²) < 4.78 is 64.9. The van der Waals surface area contributed by atoms with Gasteiger partial charge >= 0.3 is 6.18 Å². The summed E-state index contributed by atoms with van der Waals surface area (Å²) in [5, 5.41) is 0.420. The van der Waals surface area contributed by atoms with Crippen LogP contribution in [0.15, 0.2) is 35.4 Å². The molecule has 0 amide bonds. The van der Waals surface area contributed by atoms with Crippen molar-refractivity contribution in [3.8, 4) is 0 Å². The lowest BCUT2D eigenvalue weighted by atomic mass is 10.2. The first-order valence-corrected chi connectivity index (χ1v) is 8.16. The molecule has 0 radical (unpaired) electrons. The zero-order chi connectivity index (χ0) is 15.7. The maximum absolute atomic E-state index is 12.0. The first-order valence-electron chi connectivity index (χ1n) is 5.85. The Bertz CT molecular complexity index is 740. The van der Waals surface area contributed by atoms with Gasteiger partial charge in [0.15, 0.2) is 0 Å². The Kier molecular flexibility index (Phi) is 4.50. The first kappa shape index (κ1) is 16.1. The van der Waals surface area contributed by atoms with E-state index in [1.165, 1.54) is 10.8 Å². The van der Waals surface area contributed by atoms with Crippen molar-refractivity contribution in [3.63, 3.8) is 0 Å². The summed E-state index contributed by atoms with van der Waals surface area (Å²) in [5.74, 6) is 0. The second-order valence-corrected chi connectivity index (χ2v) is 6.84. The molecule has 0 aliphatic rings. The van der Waals surface area contributed by atoms with Crippen LogP contribution in [0, 0.1) is 0 Å². The summed E-state index contributed by atoms with van der Waals surface area (Å²) in [7, 11) is 1.42. The summed E-state index contributed by atoms with van der Waals surface area (Å²) in [6, 6.07) is 6.58. The van der Waals surface area contributed by atoms with E-state index in [1.807, 2.05) is 0 Å². The van der Waals surface area contributed by atoms with Crippen LogP contribution in [0.1, 0.15) is 0 Å². The molecule has 0 saturated carbocycles. The SMILES string of the molecule is O=S(=O)(Cl)c1cn(CCOCC(F)(F)F)c2ccccc12. The number of benzene rings is 1. The van der Waals surface area contributed by atoms with Crippen LogP contribution in [0.4, 0.5) is 13.2 Å². The Morgan fingerprint density at radius 2 is 1.90 bits per heavy atom. The third-order valence-electron chi connectivity index (χ3n) is 2.76. The molecule has 2 aromatic rings. The van der Waals surface area contributed by atoms with E-state index >= 15 is 0 Å². The average Bonchev–Trinajstić information content (AvgIpc) is 2.72. The number of ether oxygens (including phenoxy) is 1. The van der Waals surface area contributed by atoms with Crippen molar-refractivity contribution in [2.75, 3.05) is 13.2 Å². The van der Waals surface area contributed by atoms with Crippen molar-refractivity contribution in [2.45, 2.75) is 17.6 Å². The minimum absolute atomic E-state index is 0.0735. The first-order chi connectivity index (χ1) is 9.68. The molecule has 0 atom stereocenters. The second-order valence-electron chi connectivity index (χ2n) is 4.31. The highest BCUT2D eigenvalue weighted by atomic mass is 35.7. The van der Waals surface area contributed by atoms with Crippen LogP contribution < -0.4 is 0 Å². The maximum Gasteiger partial charge on any atom is 0.411 e. The number of fused-ring (bicyclic) bond motifs is 1. The van der Waals surface area contributed by atoms with E-state index in [9.17, 15) is 21.6 Å². The van der Waals surface area contributed by atoms with Crippen LogP contribution in [0.5, 0.6) is 0 Å². The number of para-hydroxylation sites is 1. The van der Waals surface area contributed by atoms with Gasteiger partial charge < -0.3 is 9.30 Å². The second kappa shape index (κ2) is 5.86. The largest absolute Gasteiger partial charge is 0.411 e. The van der Waals surface area contributed by atoms with E-state index in [-0.39, 0.29) is 18.0 Å². The summed E-state index contributed by atoms with van der Waals surface area (Å²) in [6.45, 7) is -1.45. The molecule has 116 valence electrons. The van der Waals surface area contributed by atoms with Gasteiger partial charge in [-0.2, -0.15) is 13.2 Å². The lowest BCUT2D eigenvalue weighted by molar-refractivity contribution is -0.174. The fourth-order valence-electron chi connectivity index (χ4n) is 1.94. The summed E-state index contributed by atoms with van der Waals surface area (Å²) in [5.41, 5.74) is 0.562. The lowest BCUT2D eigenvalue weighted by Gasteiger charge is -2.08. The number of aromatic nitrogens is 1. The summed E-state index contributed by atoms with van der Waals surface area (Å²) in [4.78, 5) is -0.0735. The molecule has 0 unspecified atom stereocenters. The maximum atomic E-state index is 12.0. The molecule has 0 N–H and O–H groups in total. The van der Waals surface area contributed by atoms with Gasteiger partial charge in [0, 0.05) is 34.3 Å². The molecule has 0 fully saturated rings. The monoisotopic (exact) mass is 341 g/mol. The topological polar surface area (TPSA) is 48.3 Å². The fraction of sp³-hybridized carbons (Fsp3) is 0.333. The molecular formula is C12H11ClF3NO3S. The predicted molar refractivity (Wildman–Crippen MR) is 71.9 cm³/mol. The third-order valence-corrected chi connectivity index (χ3v) is 4.11. The number of alkyl halides is 3. The van der Waals surface area contributed by atoms with E-state index in [0.717, 1.165) is 0 Å². The molecule has 0 aliphatic heterocycles. The molecule has 4 nitrogen and oxygen atoms in total. The van der Waals surface area contributed by atoms with Gasteiger partial charge in [-0.15, -0.1) is 0 Å². The Hall–Kier alpha value is -1.25. The van der Waals surface area contributed by atoms with Gasteiger partial charge in [0.2, 0.25) is 0 Å². The Balaban J connectivity index is 2.21. The van der Waals surface area contributed by atoms with Crippen LogP contribution in [0.3, 0.4) is 0 Å². The summed E-state index contributed by atoms with van der Waals surface area (Å²) in [6.07, 6.45) is -3.09. The van der Waals surface area contributed by atoms with E-state index in [4.69, 9.17) is 10.7 Å². The molecule has 1 heterocycles. The van der Waals surface area contributed by atoms with Gasteiger partial charge in [0.1, 0.15) is 11.5 Å². The molecular weight excluding hydrogens is 331 g/mol. The van der Waals surface area contributed by atoms with Crippen LogP contribution >= 0.6 is 10.7 Å². The number of rotatable bonds is 5. The highest BCUT2D eigenvalue weighted by molar-refractivity contribution is 8.14. The molecule has 0 bridgehead atoms. The van der Waals surface area contributed by atoms with Crippen molar-refractivity contribution in [1.29, 1.82) is 0 Å². The number of hydrogen-bond donors (Lipinski definition) is 0. The van der Waals surface area contributed by atoms with Crippen LogP contribution in [0.25, 0.3) is 10.9 Å². The van der Waals surface area contributed by atoms with Gasteiger partial charge in [-0.1, -0.05) is 18.2 Å². The van der Waals surface area contributed by atoms with Crippen molar-refractivity contribution in [2.24, 2.45) is 0 Å². The highest BCUT2D eigenvalue weighted by Gasteiger charge is 2.27. The molecule has 2 rings (SSSR count). The zero-order valence-electron chi connectivity index (χ0n) is 10.6. The predicted octanol–water partition coefficient (Wildman–Crippen LogP) is 3.15. The smallest absolute Gasteiger partial charge is 0.370 e. The number of hydrogen-bond acceptors (Lipinski definition) is 3. The minimum Gasteiger partial charge on any atom is -0.370 e. The minimum atomic E-state index is -4.39. The normalized spacial score (nSPS) is 13.0. The van der Waals surface area contributed by atoms with Gasteiger partial charge in [-0.3, -0.25) is 0 Å². The van der Waals surface area contributed by atoms with E-state index < -0.39 is 21.8 Å². The number of nitrogens with zero attached hydrogens (tertiary/aromatic N) is 1. The van der Waals surface area contributed by atoms with E-state index in [2.05, 4.69) is 4.74 Å². The average molecular weight is 342 g/mol. The van der Waals surface area contributed by atoms with Gasteiger partial charge in [0.25, 0.3) is 9.05 Å². The molecule has 21 heavy (non-hydrogen) atoms. The molecule has 9 heteroatoms. The summed E-state index contributed by atoms with van der Waals surface area (Å²) >= 11 is 0. The Morgan fingerprint density at radius 1 is 1.24 bits per heavy atom. The quantitative estimate of drug-likeness (QED) is 0.620. The zero-order valence-corrected chi connectivity index (χ0v) is 12.2. The van der Waals surface area contributed by atoms with Crippen LogP contribution in [0.2, 0.25) is 0 Å². The molecule has 1 aromatic carbocycles. The molecule has 0 saturated heterocycles. The third kappa shape index (κ3) is 4.12. The van der Waals surface area contributed by atoms with Gasteiger partial charge in [-0.25, -0.2) is 8.42 Å². The Morgan fingerprint density at radius 3 is 2.52 bits per heavy atom. The van der Waals surface area contributed by atoms with Crippen LogP contribution in [-0.4, -0.2) is 32.4 Å². The molecule has 1 aromatic heterocycles. The van der Waals surface area contributed by atoms with Crippen molar-refractivity contribution in [3.05, 3.63) is 30.5 Å². The van der Waals surface area contributed by atoms with Gasteiger partial charge in [0.05, 0.1) is 6.61 Å². The standard InChI is InChI=1S/C12H11ClF3NO3S/c13-21(18,19)11-7-17(5-6-20-8-12(14,15)16)10-4-2-1-3-9(10)11/h1-4,7H,5-6,8H2. The van der Waals surface area contributed by atoms with Crippen molar-refractivity contribution < 1.29 is 26.3 Å². The molecule has 0 spiro atoms. The van der Waals surface area contributed by atoms with Crippen molar-refractivity contribution >= 4 is 30.6 Å². The van der Waals surface area contributed by atoms with Crippen LogP contribution in [-0.2, 0) is 20.3 Å². The van der Waals surface area contributed by atoms with Gasteiger partial charge in [-0.05, 0) is 6.07 Å². The molecule has 0 aliphatic carbocycles.